The molecule has 3 aliphatic heterocycles. The van der Waals surface area contributed by atoms with Gasteiger partial charge in [0.25, 0.3) is 0 Å². The number of imide groups is 1. The molecule has 1 saturated carbocycles. The number of carbonyl (C=O) groups is 2. The summed E-state index contributed by atoms with van der Waals surface area (Å²) in [6.45, 7) is 3.70. The van der Waals surface area contributed by atoms with Crippen molar-refractivity contribution in [1.29, 1.82) is 5.26 Å². The largest absolute Gasteiger partial charge is 0.453 e. The van der Waals surface area contributed by atoms with Crippen molar-refractivity contribution in [3.05, 3.63) is 77.1 Å². The number of likely N-dealkylation sites (tertiary alicyclic amines) is 1. The minimum atomic E-state index is -4.00. The zero-order valence-electron chi connectivity index (χ0n) is 35.5. The lowest BCUT2D eigenvalue weighted by Crippen LogP contribution is -2.52. The van der Waals surface area contributed by atoms with Crippen LogP contribution in [0.3, 0.4) is 0 Å². The van der Waals surface area contributed by atoms with Crippen molar-refractivity contribution in [3.8, 4) is 17.6 Å². The Bertz CT molecular complexity index is 2830. The maximum Gasteiger partial charge on any atom is 0.329 e. The predicted octanol–water partition coefficient (Wildman–Crippen LogP) is 6.53. The highest BCUT2D eigenvalue weighted by molar-refractivity contribution is 7.90. The smallest absolute Gasteiger partial charge is 0.329 e. The van der Waals surface area contributed by atoms with Crippen LogP contribution in [-0.4, -0.2) is 107 Å². The van der Waals surface area contributed by atoms with Gasteiger partial charge in [-0.2, -0.15) is 23.1 Å². The molecule has 2 aromatic heterocycles. The van der Waals surface area contributed by atoms with E-state index in [0.717, 1.165) is 10.4 Å². The number of aromatic nitrogens is 4. The Balaban J connectivity index is 0.831. The Labute approximate surface area is 367 Å². The summed E-state index contributed by atoms with van der Waals surface area (Å²) in [5.74, 6) is -2.08. The van der Waals surface area contributed by atoms with Crippen molar-refractivity contribution in [2.75, 3.05) is 49.5 Å². The second kappa shape index (κ2) is 16.9. The van der Waals surface area contributed by atoms with Gasteiger partial charge in [0.15, 0.2) is 17.4 Å². The number of carbonyl (C=O) groups excluding carboxylic acids is 2. The molecule has 3 amide bonds. The molecule has 4 fully saturated rings. The number of nitriles is 1. The molecule has 3 saturated heterocycles. The fourth-order valence-electron chi connectivity index (χ4n) is 9.62. The van der Waals surface area contributed by atoms with Gasteiger partial charge in [0.2, 0.25) is 5.91 Å². The third-order valence-electron chi connectivity index (χ3n) is 13.3. The molecule has 1 aliphatic carbocycles. The van der Waals surface area contributed by atoms with Crippen LogP contribution in [0, 0.1) is 23.0 Å². The maximum absolute atomic E-state index is 16.1. The van der Waals surface area contributed by atoms with Crippen molar-refractivity contribution in [2.24, 2.45) is 7.05 Å². The topological polar surface area (TPSA) is 188 Å². The first-order valence-corrected chi connectivity index (χ1v) is 22.8. The van der Waals surface area contributed by atoms with Crippen LogP contribution in [0.5, 0.6) is 11.5 Å². The molecule has 1 spiro atoms. The van der Waals surface area contributed by atoms with Gasteiger partial charge in [0.1, 0.15) is 29.4 Å². The second-order valence-electron chi connectivity index (χ2n) is 17.1. The fraction of sp³-hybridized carbons (Fsp3) is 0.455. The molecule has 3 aromatic carbocycles. The molecule has 9 rings (SSSR count). The molecular formula is C44H47F3N10O6S. The Morgan fingerprint density at radius 1 is 1.06 bits per heavy atom. The molecule has 64 heavy (non-hydrogen) atoms. The van der Waals surface area contributed by atoms with Crippen LogP contribution < -0.4 is 19.7 Å². The van der Waals surface area contributed by atoms with Gasteiger partial charge >= 0.3 is 16.2 Å². The first-order valence-electron chi connectivity index (χ1n) is 21.4. The highest BCUT2D eigenvalue weighted by Crippen LogP contribution is 2.45. The average Bonchev–Trinajstić information content (AvgIpc) is 3.83. The Hall–Kier alpha value is -5.88. The van der Waals surface area contributed by atoms with Gasteiger partial charge in [0.05, 0.1) is 40.1 Å². The molecule has 336 valence electrons. The second-order valence-corrected chi connectivity index (χ2v) is 18.9. The van der Waals surface area contributed by atoms with Crippen molar-refractivity contribution >= 4 is 55.6 Å². The summed E-state index contributed by atoms with van der Waals surface area (Å²) in [4.78, 5) is 37.3. The van der Waals surface area contributed by atoms with Crippen LogP contribution in [0.25, 0.3) is 21.9 Å². The van der Waals surface area contributed by atoms with Gasteiger partial charge in [-0.1, -0.05) is 6.92 Å². The number of benzene rings is 3. The van der Waals surface area contributed by atoms with Crippen molar-refractivity contribution in [1.82, 2.24) is 34.3 Å². The van der Waals surface area contributed by atoms with E-state index in [4.69, 9.17) is 14.5 Å². The molecule has 2 N–H and O–H groups in total. The number of alkyl halides is 1. The van der Waals surface area contributed by atoms with E-state index in [1.165, 1.54) is 24.1 Å². The zero-order valence-corrected chi connectivity index (χ0v) is 36.3. The number of halogens is 3. The summed E-state index contributed by atoms with van der Waals surface area (Å²) >= 11 is 0. The van der Waals surface area contributed by atoms with Crippen LogP contribution in [-0.2, 0) is 26.8 Å². The normalized spacial score (nSPS) is 22.9. The Morgan fingerprint density at radius 2 is 1.86 bits per heavy atom. The van der Waals surface area contributed by atoms with Crippen LogP contribution in [0.15, 0.2) is 48.7 Å². The number of anilines is 2. The summed E-state index contributed by atoms with van der Waals surface area (Å²) in [5.41, 5.74) is 1.96. The zero-order chi connectivity index (χ0) is 45.1. The number of hydrogen-bond acceptors (Lipinski definition) is 11. The highest BCUT2D eigenvalue weighted by atomic mass is 32.2. The van der Waals surface area contributed by atoms with Crippen LogP contribution >= 0.6 is 0 Å². The molecule has 0 radical (unpaired) electrons. The minimum absolute atomic E-state index is 0.0602. The number of rotatable bonds is 10. The molecule has 1 unspecified atom stereocenters. The van der Waals surface area contributed by atoms with E-state index >= 15 is 13.2 Å². The van der Waals surface area contributed by atoms with Gasteiger partial charge in [0, 0.05) is 76.3 Å². The van der Waals surface area contributed by atoms with Crippen LogP contribution in [0.1, 0.15) is 80.5 Å². The number of fused-ring (bicyclic) bond motifs is 2. The minimum Gasteiger partial charge on any atom is -0.453 e. The van der Waals surface area contributed by atoms with E-state index in [1.54, 1.807) is 49.1 Å². The SMILES string of the molecule is CCN(C)S(=O)(=O)Nc1ccc(F)c(Oc2ccc3ncc([C@@H]4COC5(CCN([C@H]6CC[C@@H](c7cc8c(cc7F)c(N7CCC(=O)NC7=O)nn8C)CC6F)CC5)C4)nc3c2)c1C#N. The first kappa shape index (κ1) is 43.4. The third-order valence-corrected chi connectivity index (χ3v) is 14.9. The van der Waals surface area contributed by atoms with Gasteiger partial charge in [-0.15, -0.1) is 0 Å². The van der Waals surface area contributed by atoms with E-state index in [2.05, 4.69) is 25.0 Å². The number of nitrogens with one attached hydrogen (secondary N) is 2. The molecule has 4 atom stereocenters. The van der Waals surface area contributed by atoms with Gasteiger partial charge in [-0.3, -0.25) is 34.3 Å². The molecule has 16 nitrogen and oxygen atoms in total. The molecule has 20 heteroatoms. The van der Waals surface area contributed by atoms with Crippen molar-refractivity contribution in [3.63, 3.8) is 0 Å². The quantitative estimate of drug-likeness (QED) is 0.155. The Morgan fingerprint density at radius 3 is 2.59 bits per heavy atom. The highest BCUT2D eigenvalue weighted by Gasteiger charge is 2.46. The summed E-state index contributed by atoms with van der Waals surface area (Å²) in [6.07, 6.45) is 4.16. The number of ether oxygens (including phenoxy) is 2. The molecule has 0 bridgehead atoms. The standard InChI is InChI=1S/C44H47F3N10O6S/c1-4-54(2)64(60,61)53-34-9-7-31(45)41(30(34)22-48)63-27-6-8-35-36(18-27)50-37(23-49-35)26-21-44(62-24-26)12-15-56(16-13-44)38-10-5-25(17-33(38)47)28-20-39-29(19-32(28)46)42(52-55(39)3)57-14-11-40(58)51-43(57)59/h6-9,18-20,23,25-26,33,38,53H,4-5,10-17,21,24H2,1-3H3,(H,51,58,59)/t25-,26+,33?,38+/m1/s1. The maximum atomic E-state index is 16.1. The number of urea groups is 1. The summed E-state index contributed by atoms with van der Waals surface area (Å²) in [5, 5.41) is 17.1. The number of aryl methyl sites for hydroxylation is 1. The lowest BCUT2D eigenvalue weighted by atomic mass is 9.78. The monoisotopic (exact) mass is 900 g/mol. The molecule has 4 aliphatic rings. The fourth-order valence-corrected chi connectivity index (χ4v) is 10.6. The van der Waals surface area contributed by atoms with E-state index in [-0.39, 0.29) is 72.5 Å². The van der Waals surface area contributed by atoms with Crippen LogP contribution in [0.2, 0.25) is 0 Å². The average molecular weight is 901 g/mol. The lowest BCUT2D eigenvalue weighted by molar-refractivity contribution is -0.120. The third kappa shape index (κ3) is 8.10. The van der Waals surface area contributed by atoms with Gasteiger partial charge in [-0.25, -0.2) is 22.9 Å². The predicted molar refractivity (Wildman–Crippen MR) is 230 cm³/mol. The molecule has 5 heterocycles. The van der Waals surface area contributed by atoms with Crippen LogP contribution in [0.4, 0.5) is 29.5 Å². The summed E-state index contributed by atoms with van der Waals surface area (Å²) < 4.78 is 89.7. The molecular weight excluding hydrogens is 854 g/mol. The van der Waals surface area contributed by atoms with E-state index in [0.29, 0.717) is 85.0 Å². The summed E-state index contributed by atoms with van der Waals surface area (Å²) in [7, 11) is -0.919. The molecule has 5 aromatic rings. The number of piperidine rings is 1. The van der Waals surface area contributed by atoms with E-state index in [9.17, 15) is 23.3 Å². The van der Waals surface area contributed by atoms with Crippen molar-refractivity contribution in [2.45, 2.75) is 81.5 Å². The van der Waals surface area contributed by atoms with E-state index in [1.807, 2.05) is 6.07 Å². The number of hydrogen-bond donors (Lipinski definition) is 2. The lowest BCUT2D eigenvalue weighted by Gasteiger charge is -2.45. The number of amides is 3. The Kier molecular flexibility index (Phi) is 11.5. The van der Waals surface area contributed by atoms with Gasteiger partial charge < -0.3 is 9.47 Å². The van der Waals surface area contributed by atoms with Crippen molar-refractivity contribution < 1.29 is 40.7 Å². The van der Waals surface area contributed by atoms with E-state index < -0.39 is 45.4 Å². The van der Waals surface area contributed by atoms with Gasteiger partial charge in [-0.05, 0) is 86.4 Å². The first-order chi connectivity index (χ1) is 30.7. The summed E-state index contributed by atoms with van der Waals surface area (Å²) in [6, 6.07) is 11.1. The number of nitrogens with zero attached hydrogens (tertiary/aromatic N) is 8.